The van der Waals surface area contributed by atoms with Crippen LogP contribution in [0.25, 0.3) is 0 Å². The van der Waals surface area contributed by atoms with Gasteiger partial charge >= 0.3 is 5.97 Å². The zero-order chi connectivity index (χ0) is 12.8. The molecule has 0 amide bonds. The Morgan fingerprint density at radius 3 is 2.53 bits per heavy atom. The van der Waals surface area contributed by atoms with Crippen LogP contribution in [0.5, 0.6) is 0 Å². The molecular weight excluding hydrogens is 256 g/mol. The van der Waals surface area contributed by atoms with Gasteiger partial charge in [0.1, 0.15) is 0 Å². The van der Waals surface area contributed by atoms with Gasteiger partial charge in [0.15, 0.2) is 6.10 Å². The monoisotopic (exact) mass is 272 g/mol. The number of hydrogen-bond donors (Lipinski definition) is 1. The predicted molar refractivity (Wildman–Crippen MR) is 71.6 cm³/mol. The van der Waals surface area contributed by atoms with E-state index < -0.39 is 12.1 Å². The first-order chi connectivity index (χ1) is 8.13. The molecule has 1 unspecified atom stereocenters. The maximum atomic E-state index is 11.4. The number of rotatable bonds is 5. The van der Waals surface area contributed by atoms with E-state index in [2.05, 4.69) is 0 Å². The predicted octanol–water partition coefficient (Wildman–Crippen LogP) is 2.73. The Hall–Kier alpha value is -0.650. The topological polar surface area (TPSA) is 46.5 Å². The molecule has 1 N–H and O–H groups in total. The van der Waals surface area contributed by atoms with Crippen LogP contribution in [0, 0.1) is 0 Å². The Morgan fingerprint density at radius 1 is 1.35 bits per heavy atom. The number of aliphatic hydroxyl groups excluding tert-OH is 1. The summed E-state index contributed by atoms with van der Waals surface area (Å²) >= 11 is 3.23. The van der Waals surface area contributed by atoms with Crippen molar-refractivity contribution in [2.24, 2.45) is 0 Å². The number of thioether (sulfide) groups is 2. The lowest BCUT2D eigenvalue weighted by Crippen LogP contribution is -2.15. The van der Waals surface area contributed by atoms with Gasteiger partial charge < -0.3 is 9.84 Å². The van der Waals surface area contributed by atoms with Gasteiger partial charge in [0, 0.05) is 9.79 Å². The Morgan fingerprint density at radius 2 is 2.00 bits per heavy atom. The first kappa shape index (κ1) is 14.4. The molecule has 0 bridgehead atoms. The highest BCUT2D eigenvalue weighted by Crippen LogP contribution is 2.30. The molecule has 0 saturated carbocycles. The van der Waals surface area contributed by atoms with Gasteiger partial charge in [-0.3, -0.25) is 0 Å². The van der Waals surface area contributed by atoms with Gasteiger partial charge in [-0.25, -0.2) is 4.79 Å². The second-order valence-electron chi connectivity index (χ2n) is 3.27. The summed E-state index contributed by atoms with van der Waals surface area (Å²) in [6.45, 7) is 1.99. The normalized spacial score (nSPS) is 12.2. The molecule has 0 aliphatic carbocycles. The molecular formula is C12H16O3S2. The third-order valence-corrected chi connectivity index (χ3v) is 3.94. The number of hydrogen-bond acceptors (Lipinski definition) is 5. The van der Waals surface area contributed by atoms with Gasteiger partial charge in [-0.15, -0.1) is 23.5 Å². The van der Waals surface area contributed by atoms with Crippen LogP contribution >= 0.6 is 23.5 Å². The van der Waals surface area contributed by atoms with Crippen molar-refractivity contribution < 1.29 is 14.6 Å². The summed E-state index contributed by atoms with van der Waals surface area (Å²) in [5.41, 5.74) is 0.575. The molecule has 0 aliphatic rings. The lowest BCUT2D eigenvalue weighted by molar-refractivity contribution is -0.153. The van der Waals surface area contributed by atoms with Gasteiger partial charge in [-0.2, -0.15) is 0 Å². The molecule has 17 heavy (non-hydrogen) atoms. The molecule has 0 aliphatic heterocycles. The molecule has 1 aromatic rings. The summed E-state index contributed by atoms with van der Waals surface area (Å²) in [7, 11) is 0. The van der Waals surface area contributed by atoms with E-state index in [-0.39, 0.29) is 6.61 Å². The second-order valence-corrected chi connectivity index (χ2v) is 4.97. The van der Waals surface area contributed by atoms with Crippen LogP contribution in [-0.2, 0) is 9.53 Å². The molecule has 1 rings (SSSR count). The summed E-state index contributed by atoms with van der Waals surface area (Å²) in [5, 5.41) is 9.81. The number of esters is 1. The minimum atomic E-state index is -1.20. The van der Waals surface area contributed by atoms with E-state index >= 15 is 0 Å². The molecule has 0 spiro atoms. The number of carbonyl (C=O) groups is 1. The van der Waals surface area contributed by atoms with Gasteiger partial charge in [0.05, 0.1) is 6.61 Å². The summed E-state index contributed by atoms with van der Waals surface area (Å²) < 4.78 is 4.79. The Kier molecular flexibility index (Phi) is 5.88. The second kappa shape index (κ2) is 6.93. The zero-order valence-corrected chi connectivity index (χ0v) is 11.7. The highest BCUT2D eigenvalue weighted by atomic mass is 32.2. The molecule has 0 fully saturated rings. The van der Waals surface area contributed by atoms with Crippen molar-refractivity contribution in [1.29, 1.82) is 0 Å². The van der Waals surface area contributed by atoms with E-state index in [1.807, 2.05) is 24.6 Å². The fourth-order valence-electron chi connectivity index (χ4n) is 1.38. The third-order valence-electron chi connectivity index (χ3n) is 2.23. The summed E-state index contributed by atoms with van der Waals surface area (Å²) in [5.74, 6) is -0.601. The smallest absolute Gasteiger partial charge is 0.339 e. The van der Waals surface area contributed by atoms with E-state index in [9.17, 15) is 9.90 Å². The first-order valence-corrected chi connectivity index (χ1v) is 7.65. The average molecular weight is 272 g/mol. The highest BCUT2D eigenvalue weighted by Gasteiger charge is 2.19. The molecule has 1 aromatic carbocycles. The van der Waals surface area contributed by atoms with Crippen LogP contribution in [0.15, 0.2) is 28.0 Å². The Labute approximate surface area is 110 Å². The molecule has 0 heterocycles. The first-order valence-electron chi connectivity index (χ1n) is 5.20. The SMILES string of the molecule is CCOC(=O)C(O)c1ccc(SC)c(SC)c1. The maximum absolute atomic E-state index is 11.4. The molecule has 94 valence electrons. The van der Waals surface area contributed by atoms with Crippen molar-refractivity contribution in [2.75, 3.05) is 19.1 Å². The van der Waals surface area contributed by atoms with Crippen molar-refractivity contribution in [3.8, 4) is 0 Å². The zero-order valence-electron chi connectivity index (χ0n) is 10.1. The quantitative estimate of drug-likeness (QED) is 0.659. The summed E-state index contributed by atoms with van der Waals surface area (Å²) in [4.78, 5) is 13.6. The molecule has 1 atom stereocenters. The van der Waals surface area contributed by atoms with Gasteiger partial charge in [0.2, 0.25) is 0 Å². The fraction of sp³-hybridized carbons (Fsp3) is 0.417. The molecule has 0 saturated heterocycles. The maximum Gasteiger partial charge on any atom is 0.339 e. The summed E-state index contributed by atoms with van der Waals surface area (Å²) in [6, 6.07) is 5.50. The molecule has 5 heteroatoms. The summed E-state index contributed by atoms with van der Waals surface area (Å²) in [6.07, 6.45) is 2.77. The lowest BCUT2D eigenvalue weighted by Gasteiger charge is -2.12. The van der Waals surface area contributed by atoms with Crippen molar-refractivity contribution in [1.82, 2.24) is 0 Å². The van der Waals surface area contributed by atoms with Crippen LogP contribution in [0.2, 0.25) is 0 Å². The molecule has 0 radical (unpaired) electrons. The van der Waals surface area contributed by atoms with Crippen LogP contribution in [0.1, 0.15) is 18.6 Å². The van der Waals surface area contributed by atoms with Crippen LogP contribution in [0.4, 0.5) is 0 Å². The van der Waals surface area contributed by atoms with Crippen molar-refractivity contribution in [3.05, 3.63) is 23.8 Å². The lowest BCUT2D eigenvalue weighted by atomic mass is 10.1. The van der Waals surface area contributed by atoms with E-state index in [0.717, 1.165) is 9.79 Å². The van der Waals surface area contributed by atoms with E-state index in [4.69, 9.17) is 4.74 Å². The number of benzene rings is 1. The van der Waals surface area contributed by atoms with E-state index in [1.165, 1.54) is 0 Å². The molecule has 3 nitrogen and oxygen atoms in total. The van der Waals surface area contributed by atoms with Crippen LogP contribution < -0.4 is 0 Å². The highest BCUT2D eigenvalue weighted by molar-refractivity contribution is 8.01. The Balaban J connectivity index is 2.95. The Bertz CT molecular complexity index is 393. The van der Waals surface area contributed by atoms with Crippen LogP contribution in [0.3, 0.4) is 0 Å². The van der Waals surface area contributed by atoms with E-state index in [1.54, 1.807) is 36.5 Å². The van der Waals surface area contributed by atoms with Gasteiger partial charge in [0.25, 0.3) is 0 Å². The van der Waals surface area contributed by atoms with Gasteiger partial charge in [-0.1, -0.05) is 6.07 Å². The third kappa shape index (κ3) is 3.66. The van der Waals surface area contributed by atoms with Gasteiger partial charge in [-0.05, 0) is 37.1 Å². The number of aliphatic hydroxyl groups is 1. The average Bonchev–Trinajstić information content (AvgIpc) is 2.37. The standard InChI is InChI=1S/C12H16O3S2/c1-4-15-12(14)11(13)8-5-6-9(16-2)10(7-8)17-3/h5-7,11,13H,4H2,1-3H3. The van der Waals surface area contributed by atoms with Crippen LogP contribution in [-0.4, -0.2) is 30.2 Å². The van der Waals surface area contributed by atoms with Crippen molar-refractivity contribution in [3.63, 3.8) is 0 Å². The largest absolute Gasteiger partial charge is 0.464 e. The minimum absolute atomic E-state index is 0.272. The minimum Gasteiger partial charge on any atom is -0.464 e. The van der Waals surface area contributed by atoms with Crippen molar-refractivity contribution in [2.45, 2.75) is 22.8 Å². The number of ether oxygens (including phenoxy) is 1. The van der Waals surface area contributed by atoms with Crippen molar-refractivity contribution >= 4 is 29.5 Å². The fourth-order valence-corrected chi connectivity index (χ4v) is 2.87. The van der Waals surface area contributed by atoms with E-state index in [0.29, 0.717) is 5.56 Å². The number of carbonyl (C=O) groups excluding carboxylic acids is 1. The molecule has 0 aromatic heterocycles.